The lowest BCUT2D eigenvalue weighted by Crippen LogP contribution is -2.35. The van der Waals surface area contributed by atoms with Gasteiger partial charge in [-0.3, -0.25) is 0 Å². The predicted octanol–water partition coefficient (Wildman–Crippen LogP) is 7.37. The molecule has 3 heteroatoms. The SMILES string of the molecule is CC#N.CCCN(CCc1ccccc1)C(C)CCc1ccc(C2CCC(Cl)C2)cc1. The summed E-state index contributed by atoms with van der Waals surface area (Å²) >= 11 is 6.29. The van der Waals surface area contributed by atoms with Crippen LogP contribution in [0.2, 0.25) is 0 Å². The van der Waals surface area contributed by atoms with E-state index in [0.29, 0.717) is 17.3 Å². The van der Waals surface area contributed by atoms with Gasteiger partial charge < -0.3 is 4.90 Å². The van der Waals surface area contributed by atoms with Gasteiger partial charge in [-0.1, -0.05) is 61.5 Å². The van der Waals surface area contributed by atoms with Gasteiger partial charge in [-0.15, -0.1) is 11.6 Å². The number of benzene rings is 2. The summed E-state index contributed by atoms with van der Waals surface area (Å²) in [6.07, 6.45) is 8.31. The standard InChI is InChI=1S/C26H36ClN.C2H3N/c1-3-18-28(19-17-22-7-5-4-6-8-22)21(2)9-10-23-11-13-24(14-12-23)25-15-16-26(27)20-25;1-2-3/h4-8,11-14,21,25-26H,3,9-10,15-20H2,1-2H3;1H3. The molecule has 0 bridgehead atoms. The van der Waals surface area contributed by atoms with Crippen molar-refractivity contribution < 1.29 is 0 Å². The average molecular weight is 439 g/mol. The Balaban J connectivity index is 0.00000107. The summed E-state index contributed by atoms with van der Waals surface area (Å²) in [6, 6.07) is 22.6. The van der Waals surface area contributed by atoms with E-state index in [-0.39, 0.29) is 0 Å². The Morgan fingerprint density at radius 1 is 1.00 bits per heavy atom. The predicted molar refractivity (Wildman–Crippen MR) is 134 cm³/mol. The number of hydrogen-bond acceptors (Lipinski definition) is 2. The second-order valence-electron chi connectivity index (χ2n) is 8.73. The fourth-order valence-corrected chi connectivity index (χ4v) is 4.84. The maximum atomic E-state index is 7.32. The van der Waals surface area contributed by atoms with Gasteiger partial charge in [0.2, 0.25) is 0 Å². The molecule has 1 fully saturated rings. The van der Waals surface area contributed by atoms with E-state index in [1.807, 2.05) is 0 Å². The van der Waals surface area contributed by atoms with Crippen LogP contribution in [0.5, 0.6) is 0 Å². The average Bonchev–Trinajstić information content (AvgIpc) is 3.23. The summed E-state index contributed by atoms with van der Waals surface area (Å²) in [5.74, 6) is 0.675. The van der Waals surface area contributed by atoms with E-state index in [4.69, 9.17) is 16.9 Å². The fourth-order valence-electron chi connectivity index (χ4n) is 4.50. The Morgan fingerprint density at radius 2 is 1.65 bits per heavy atom. The number of hydrogen-bond donors (Lipinski definition) is 0. The van der Waals surface area contributed by atoms with E-state index in [2.05, 4.69) is 73.3 Å². The molecule has 0 amide bonds. The van der Waals surface area contributed by atoms with Crippen molar-refractivity contribution in [2.45, 2.75) is 83.1 Å². The van der Waals surface area contributed by atoms with E-state index < -0.39 is 0 Å². The van der Waals surface area contributed by atoms with Crippen molar-refractivity contribution >= 4 is 11.6 Å². The van der Waals surface area contributed by atoms with Gasteiger partial charge in [0.25, 0.3) is 0 Å². The zero-order chi connectivity index (χ0) is 22.5. The molecule has 0 heterocycles. The van der Waals surface area contributed by atoms with Crippen LogP contribution in [0.4, 0.5) is 0 Å². The molecule has 0 spiro atoms. The van der Waals surface area contributed by atoms with Gasteiger partial charge in [0.15, 0.2) is 0 Å². The highest BCUT2D eigenvalue weighted by atomic mass is 35.5. The Morgan fingerprint density at radius 3 is 2.23 bits per heavy atom. The van der Waals surface area contributed by atoms with Crippen molar-refractivity contribution in [2.24, 2.45) is 0 Å². The molecule has 0 saturated heterocycles. The fraction of sp³-hybridized carbons (Fsp3) is 0.536. The first-order chi connectivity index (χ1) is 15.1. The minimum absolute atomic E-state index is 0.381. The molecule has 2 aromatic carbocycles. The van der Waals surface area contributed by atoms with Gasteiger partial charge in [-0.2, -0.15) is 5.26 Å². The third kappa shape index (κ3) is 9.06. The van der Waals surface area contributed by atoms with E-state index in [1.54, 1.807) is 6.07 Å². The van der Waals surface area contributed by atoms with Gasteiger partial charge in [0.1, 0.15) is 0 Å². The quantitative estimate of drug-likeness (QED) is 0.362. The molecule has 31 heavy (non-hydrogen) atoms. The van der Waals surface area contributed by atoms with Crippen molar-refractivity contribution in [3.05, 3.63) is 71.3 Å². The summed E-state index contributed by atoms with van der Waals surface area (Å²) in [6.45, 7) is 8.46. The molecule has 3 unspecified atom stereocenters. The molecule has 1 aliphatic rings. The topological polar surface area (TPSA) is 27.0 Å². The first-order valence-corrected chi connectivity index (χ1v) is 12.3. The van der Waals surface area contributed by atoms with Gasteiger partial charge in [-0.25, -0.2) is 0 Å². The molecule has 168 valence electrons. The maximum absolute atomic E-state index is 7.32. The van der Waals surface area contributed by atoms with Crippen molar-refractivity contribution in [1.29, 1.82) is 5.26 Å². The molecule has 3 atom stereocenters. The molecule has 0 aromatic heterocycles. The van der Waals surface area contributed by atoms with Crippen LogP contribution in [0.25, 0.3) is 0 Å². The summed E-state index contributed by atoms with van der Waals surface area (Å²) in [5, 5.41) is 7.70. The highest BCUT2D eigenvalue weighted by molar-refractivity contribution is 6.20. The first-order valence-electron chi connectivity index (χ1n) is 11.9. The van der Waals surface area contributed by atoms with Crippen LogP contribution in [0.1, 0.15) is 75.5 Å². The summed E-state index contributed by atoms with van der Waals surface area (Å²) in [7, 11) is 0. The van der Waals surface area contributed by atoms with Crippen LogP contribution in [-0.2, 0) is 12.8 Å². The number of rotatable bonds is 10. The number of nitrogens with zero attached hydrogens (tertiary/aromatic N) is 2. The van der Waals surface area contributed by atoms with Crippen LogP contribution in [0.3, 0.4) is 0 Å². The van der Waals surface area contributed by atoms with Gasteiger partial charge in [-0.05, 0) is 81.0 Å². The molecular formula is C28H39ClN2. The van der Waals surface area contributed by atoms with E-state index in [9.17, 15) is 0 Å². The van der Waals surface area contributed by atoms with Gasteiger partial charge >= 0.3 is 0 Å². The van der Waals surface area contributed by atoms with E-state index in [0.717, 1.165) is 25.8 Å². The summed E-state index contributed by atoms with van der Waals surface area (Å²) < 4.78 is 0. The second-order valence-corrected chi connectivity index (χ2v) is 9.35. The normalized spacial score (nSPS) is 18.8. The Bertz CT molecular complexity index is 766. The smallest absolute Gasteiger partial charge is 0.0587 e. The molecule has 2 aromatic rings. The zero-order valence-corrected chi connectivity index (χ0v) is 20.3. The Hall–Kier alpha value is -1.82. The minimum atomic E-state index is 0.381. The molecule has 1 saturated carbocycles. The molecule has 2 nitrogen and oxygen atoms in total. The maximum Gasteiger partial charge on any atom is 0.0587 e. The van der Waals surface area contributed by atoms with Crippen molar-refractivity contribution in [3.8, 4) is 6.07 Å². The van der Waals surface area contributed by atoms with Crippen LogP contribution in [0, 0.1) is 11.3 Å². The molecule has 0 radical (unpaired) electrons. The molecule has 3 rings (SSSR count). The lowest BCUT2D eigenvalue weighted by atomic mass is 9.95. The molecular weight excluding hydrogens is 400 g/mol. The second kappa shape index (κ2) is 14.3. The Labute approximate surface area is 195 Å². The van der Waals surface area contributed by atoms with Crippen molar-refractivity contribution in [3.63, 3.8) is 0 Å². The molecule has 0 aliphatic heterocycles. The third-order valence-corrected chi connectivity index (χ3v) is 6.73. The lowest BCUT2D eigenvalue weighted by Gasteiger charge is -2.29. The highest BCUT2D eigenvalue weighted by Crippen LogP contribution is 2.37. The summed E-state index contributed by atoms with van der Waals surface area (Å²) in [5.41, 5.74) is 4.39. The van der Waals surface area contributed by atoms with Crippen LogP contribution in [-0.4, -0.2) is 29.4 Å². The van der Waals surface area contributed by atoms with E-state index in [1.165, 1.54) is 55.8 Å². The number of nitriles is 1. The third-order valence-electron chi connectivity index (χ3n) is 6.34. The molecule has 1 aliphatic carbocycles. The van der Waals surface area contributed by atoms with Gasteiger partial charge in [0, 0.05) is 24.9 Å². The van der Waals surface area contributed by atoms with Crippen molar-refractivity contribution in [2.75, 3.05) is 13.1 Å². The lowest BCUT2D eigenvalue weighted by molar-refractivity contribution is 0.202. The van der Waals surface area contributed by atoms with Crippen LogP contribution < -0.4 is 0 Å². The molecule has 0 N–H and O–H groups in total. The van der Waals surface area contributed by atoms with E-state index >= 15 is 0 Å². The van der Waals surface area contributed by atoms with Crippen molar-refractivity contribution in [1.82, 2.24) is 4.90 Å². The first kappa shape index (κ1) is 25.4. The number of aryl methyl sites for hydroxylation is 1. The highest BCUT2D eigenvalue weighted by Gasteiger charge is 2.24. The number of halogens is 1. The Kier molecular flexibility index (Phi) is 11.7. The number of alkyl halides is 1. The monoisotopic (exact) mass is 438 g/mol. The van der Waals surface area contributed by atoms with Crippen LogP contribution >= 0.6 is 11.6 Å². The summed E-state index contributed by atoms with van der Waals surface area (Å²) in [4.78, 5) is 2.67. The minimum Gasteiger partial charge on any atom is -0.300 e. The van der Waals surface area contributed by atoms with Crippen LogP contribution in [0.15, 0.2) is 54.6 Å². The zero-order valence-electron chi connectivity index (χ0n) is 19.6. The van der Waals surface area contributed by atoms with Gasteiger partial charge in [0.05, 0.1) is 6.07 Å². The largest absolute Gasteiger partial charge is 0.300 e.